The van der Waals surface area contributed by atoms with E-state index in [4.69, 9.17) is 9.47 Å². The maximum Gasteiger partial charge on any atom is 0.280 e. The van der Waals surface area contributed by atoms with E-state index < -0.39 is 6.10 Å². The van der Waals surface area contributed by atoms with Crippen molar-refractivity contribution in [2.75, 3.05) is 6.61 Å². The fraction of sp³-hybridized carbons (Fsp3) is 0.217. The molecule has 0 aliphatic heterocycles. The highest BCUT2D eigenvalue weighted by atomic mass is 79.9. The van der Waals surface area contributed by atoms with E-state index in [1.165, 1.54) is 0 Å². The number of carbonyl (C=O) groups is 1. The number of hydrogen-bond donors (Lipinski definition) is 1. The first-order chi connectivity index (χ1) is 14.1. The third-order valence-electron chi connectivity index (χ3n) is 4.21. The van der Waals surface area contributed by atoms with Gasteiger partial charge in [0.05, 0.1) is 12.8 Å². The molecule has 0 saturated heterocycles. The monoisotopic (exact) mass is 454 g/mol. The summed E-state index contributed by atoms with van der Waals surface area (Å²) in [5.74, 6) is 1.02. The van der Waals surface area contributed by atoms with E-state index >= 15 is 0 Å². The molecule has 3 aromatic rings. The van der Waals surface area contributed by atoms with Gasteiger partial charge in [0.1, 0.15) is 11.5 Å². The second-order valence-electron chi connectivity index (χ2n) is 6.53. The second-order valence-corrected chi connectivity index (χ2v) is 7.45. The zero-order chi connectivity index (χ0) is 20.6. The van der Waals surface area contributed by atoms with Gasteiger partial charge < -0.3 is 9.47 Å². The van der Waals surface area contributed by atoms with Gasteiger partial charge in [-0.05, 0) is 54.4 Å². The predicted octanol–water partition coefficient (Wildman–Crippen LogP) is 5.31. The Kier molecular flexibility index (Phi) is 7.25. The number of amides is 1. The molecular weight excluding hydrogens is 432 g/mol. The molecular formula is C23H23BrN2O3. The van der Waals surface area contributed by atoms with Crippen molar-refractivity contribution in [2.45, 2.75) is 26.4 Å². The molecule has 29 heavy (non-hydrogen) atoms. The van der Waals surface area contributed by atoms with E-state index in [1.54, 1.807) is 13.1 Å². The molecule has 1 unspecified atom stereocenters. The van der Waals surface area contributed by atoms with Gasteiger partial charge in [0.15, 0.2) is 6.10 Å². The summed E-state index contributed by atoms with van der Waals surface area (Å²) in [6.45, 7) is 4.35. The number of fused-ring (bicyclic) bond motifs is 1. The van der Waals surface area contributed by atoms with Crippen LogP contribution in [-0.4, -0.2) is 24.8 Å². The Balaban J connectivity index is 1.61. The van der Waals surface area contributed by atoms with E-state index in [1.807, 2.05) is 67.6 Å². The number of rotatable bonds is 8. The molecule has 5 nitrogen and oxygen atoms in total. The molecule has 3 rings (SSSR count). The molecule has 0 radical (unpaired) electrons. The lowest BCUT2D eigenvalue weighted by Gasteiger charge is -2.13. The molecule has 6 heteroatoms. The smallest absolute Gasteiger partial charge is 0.280 e. The lowest BCUT2D eigenvalue weighted by Crippen LogP contribution is -2.33. The van der Waals surface area contributed by atoms with Crippen molar-refractivity contribution in [3.63, 3.8) is 0 Å². The first-order valence-corrected chi connectivity index (χ1v) is 10.3. The number of benzene rings is 3. The Morgan fingerprint density at radius 1 is 1.14 bits per heavy atom. The van der Waals surface area contributed by atoms with Crippen molar-refractivity contribution in [3.05, 3.63) is 70.7 Å². The second kappa shape index (κ2) is 10.1. The van der Waals surface area contributed by atoms with Gasteiger partial charge in [0.25, 0.3) is 5.91 Å². The van der Waals surface area contributed by atoms with Crippen molar-refractivity contribution >= 4 is 38.8 Å². The molecule has 0 spiro atoms. The third kappa shape index (κ3) is 5.81. The number of carbonyl (C=O) groups excluding carboxylic acids is 1. The molecule has 0 fully saturated rings. The van der Waals surface area contributed by atoms with Crippen LogP contribution in [0.25, 0.3) is 10.8 Å². The van der Waals surface area contributed by atoms with Crippen LogP contribution >= 0.6 is 15.9 Å². The van der Waals surface area contributed by atoms with Gasteiger partial charge in [0, 0.05) is 10.0 Å². The molecule has 150 valence electrons. The average Bonchev–Trinajstić information content (AvgIpc) is 2.73. The summed E-state index contributed by atoms with van der Waals surface area (Å²) in [5.41, 5.74) is 3.30. The highest BCUT2D eigenvalue weighted by molar-refractivity contribution is 9.10. The normalized spacial score (nSPS) is 12.1. The predicted molar refractivity (Wildman–Crippen MR) is 120 cm³/mol. The van der Waals surface area contributed by atoms with Gasteiger partial charge in [-0.2, -0.15) is 5.10 Å². The van der Waals surface area contributed by atoms with Gasteiger partial charge >= 0.3 is 0 Å². The fourth-order valence-corrected chi connectivity index (χ4v) is 3.10. The quantitative estimate of drug-likeness (QED) is 0.370. The van der Waals surface area contributed by atoms with Crippen LogP contribution in [-0.2, 0) is 4.79 Å². The van der Waals surface area contributed by atoms with Crippen molar-refractivity contribution in [1.82, 2.24) is 5.43 Å². The fourth-order valence-electron chi connectivity index (χ4n) is 2.72. The largest absolute Gasteiger partial charge is 0.493 e. The number of hydrazone groups is 1. The maximum atomic E-state index is 12.3. The molecule has 0 aliphatic rings. The summed E-state index contributed by atoms with van der Waals surface area (Å²) in [4.78, 5) is 12.3. The van der Waals surface area contributed by atoms with E-state index in [0.717, 1.165) is 27.2 Å². The average molecular weight is 455 g/mol. The summed E-state index contributed by atoms with van der Waals surface area (Å²) in [5, 5.41) is 6.24. The highest BCUT2D eigenvalue weighted by Crippen LogP contribution is 2.23. The Hall–Kier alpha value is -2.86. The maximum absolute atomic E-state index is 12.3. The lowest BCUT2D eigenvalue weighted by atomic mass is 10.1. The lowest BCUT2D eigenvalue weighted by molar-refractivity contribution is -0.127. The minimum absolute atomic E-state index is 0.333. The summed E-state index contributed by atoms with van der Waals surface area (Å²) < 4.78 is 12.4. The zero-order valence-corrected chi connectivity index (χ0v) is 18.0. The third-order valence-corrected chi connectivity index (χ3v) is 4.71. The van der Waals surface area contributed by atoms with Crippen LogP contribution in [0.2, 0.25) is 0 Å². The van der Waals surface area contributed by atoms with Gasteiger partial charge in [-0.3, -0.25) is 4.79 Å². The zero-order valence-electron chi connectivity index (χ0n) is 16.4. The van der Waals surface area contributed by atoms with E-state index in [2.05, 4.69) is 26.5 Å². The van der Waals surface area contributed by atoms with Crippen molar-refractivity contribution in [3.8, 4) is 11.5 Å². The van der Waals surface area contributed by atoms with E-state index in [-0.39, 0.29) is 5.91 Å². The van der Waals surface area contributed by atoms with Crippen LogP contribution in [0.3, 0.4) is 0 Å². The number of halogens is 1. The van der Waals surface area contributed by atoms with Gasteiger partial charge in [-0.15, -0.1) is 0 Å². The molecule has 0 aromatic heterocycles. The van der Waals surface area contributed by atoms with Crippen LogP contribution < -0.4 is 14.9 Å². The van der Waals surface area contributed by atoms with Crippen LogP contribution in [0, 0.1) is 0 Å². The molecule has 1 amide bonds. The molecule has 1 N–H and O–H groups in total. The summed E-state index contributed by atoms with van der Waals surface area (Å²) in [7, 11) is 0. The van der Waals surface area contributed by atoms with Crippen molar-refractivity contribution in [1.29, 1.82) is 0 Å². The number of hydrogen-bond acceptors (Lipinski definition) is 4. The van der Waals surface area contributed by atoms with Crippen LogP contribution in [0.4, 0.5) is 0 Å². The highest BCUT2D eigenvalue weighted by Gasteiger charge is 2.14. The Morgan fingerprint density at radius 3 is 2.72 bits per heavy atom. The first-order valence-electron chi connectivity index (χ1n) is 9.47. The van der Waals surface area contributed by atoms with Crippen LogP contribution in [0.5, 0.6) is 11.5 Å². The van der Waals surface area contributed by atoms with Crippen molar-refractivity contribution in [2.24, 2.45) is 5.10 Å². The molecule has 1 atom stereocenters. The molecule has 0 saturated carbocycles. The molecule has 0 aliphatic carbocycles. The van der Waals surface area contributed by atoms with Crippen LogP contribution in [0.1, 0.15) is 25.8 Å². The van der Waals surface area contributed by atoms with Gasteiger partial charge in [0.2, 0.25) is 0 Å². The minimum atomic E-state index is -0.688. The Bertz CT molecular complexity index is 1020. The standard InChI is InChI=1S/C23H23BrN2O3/c1-3-12-28-22-11-9-20(24)13-19(22)15-25-26-23(27)16(2)29-21-10-8-17-6-4-5-7-18(17)14-21/h4-11,13-16H,3,12H2,1-2H3,(H,26,27)/b25-15+. The SMILES string of the molecule is CCCOc1ccc(Br)cc1/C=N/NC(=O)C(C)Oc1ccc2ccccc2c1. The minimum Gasteiger partial charge on any atom is -0.493 e. The van der Waals surface area contributed by atoms with Gasteiger partial charge in [-0.25, -0.2) is 5.43 Å². The number of nitrogens with one attached hydrogen (secondary N) is 1. The Labute approximate surface area is 178 Å². The molecule has 3 aromatic carbocycles. The van der Waals surface area contributed by atoms with Gasteiger partial charge in [-0.1, -0.05) is 53.2 Å². The summed E-state index contributed by atoms with van der Waals surface area (Å²) in [6.07, 6.45) is 1.79. The van der Waals surface area contributed by atoms with E-state index in [9.17, 15) is 4.79 Å². The number of nitrogens with zero attached hydrogens (tertiary/aromatic N) is 1. The van der Waals surface area contributed by atoms with E-state index in [0.29, 0.717) is 18.1 Å². The first kappa shape index (κ1) is 20.9. The summed E-state index contributed by atoms with van der Waals surface area (Å²) >= 11 is 3.44. The number of ether oxygens (including phenoxy) is 2. The molecule has 0 heterocycles. The Morgan fingerprint density at radius 2 is 1.93 bits per heavy atom. The summed E-state index contributed by atoms with van der Waals surface area (Å²) in [6, 6.07) is 19.4. The van der Waals surface area contributed by atoms with Crippen molar-refractivity contribution < 1.29 is 14.3 Å². The van der Waals surface area contributed by atoms with Crippen LogP contribution in [0.15, 0.2) is 70.2 Å². The topological polar surface area (TPSA) is 59.9 Å². The molecule has 0 bridgehead atoms.